The van der Waals surface area contributed by atoms with Crippen LogP contribution in [0.3, 0.4) is 0 Å². The van der Waals surface area contributed by atoms with Gasteiger partial charge in [0.25, 0.3) is 0 Å². The normalized spacial score (nSPS) is 11.7. The van der Waals surface area contributed by atoms with Crippen LogP contribution in [-0.4, -0.2) is 17.1 Å². The summed E-state index contributed by atoms with van der Waals surface area (Å²) in [4.78, 5) is 6.16. The minimum atomic E-state index is -0.529. The number of anilines is 2. The van der Waals surface area contributed by atoms with E-state index < -0.39 is 6.10 Å². The number of aromatic nitrogens is 1. The maximum atomic E-state index is 9.46. The van der Waals surface area contributed by atoms with Gasteiger partial charge in [-0.05, 0) is 30.7 Å². The number of nitriles is 1. The Balaban J connectivity index is 2.34. The average molecular weight is 253 g/mol. The largest absolute Gasteiger partial charge is 0.389 e. The van der Waals surface area contributed by atoms with E-state index in [0.29, 0.717) is 5.56 Å². The Morgan fingerprint density at radius 2 is 2.00 bits per heavy atom. The highest BCUT2D eigenvalue weighted by Crippen LogP contribution is 2.25. The molecule has 0 aliphatic heterocycles. The SMILES string of the molecule is C[C@@H](O)c1ccc(N(C)c2ccccc2C#N)nc1. The van der Waals surface area contributed by atoms with E-state index in [0.717, 1.165) is 17.1 Å². The molecular weight excluding hydrogens is 238 g/mol. The van der Waals surface area contributed by atoms with Crippen LogP contribution in [0.4, 0.5) is 11.5 Å². The number of aliphatic hydroxyl groups is 1. The van der Waals surface area contributed by atoms with Crippen molar-refractivity contribution in [3.05, 3.63) is 53.7 Å². The van der Waals surface area contributed by atoms with Crippen molar-refractivity contribution in [3.63, 3.8) is 0 Å². The molecule has 1 heterocycles. The Kier molecular flexibility index (Phi) is 3.79. The Morgan fingerprint density at radius 1 is 1.26 bits per heavy atom. The van der Waals surface area contributed by atoms with Gasteiger partial charge in [-0.2, -0.15) is 5.26 Å². The molecule has 0 aliphatic carbocycles. The smallest absolute Gasteiger partial charge is 0.132 e. The number of rotatable bonds is 3. The molecule has 1 aromatic carbocycles. The molecule has 0 aliphatic rings. The maximum absolute atomic E-state index is 9.46. The van der Waals surface area contributed by atoms with Crippen LogP contribution in [0.15, 0.2) is 42.6 Å². The van der Waals surface area contributed by atoms with Crippen molar-refractivity contribution in [2.24, 2.45) is 0 Å². The third-order valence-corrected chi connectivity index (χ3v) is 2.98. The molecule has 4 nitrogen and oxygen atoms in total. The van der Waals surface area contributed by atoms with Gasteiger partial charge in [0.1, 0.15) is 11.9 Å². The molecule has 19 heavy (non-hydrogen) atoms. The van der Waals surface area contributed by atoms with Crippen LogP contribution < -0.4 is 4.90 Å². The summed E-state index contributed by atoms with van der Waals surface area (Å²) in [5, 5.41) is 18.6. The first kappa shape index (κ1) is 13.1. The second-order valence-electron chi connectivity index (χ2n) is 4.31. The molecule has 0 radical (unpaired) electrons. The van der Waals surface area contributed by atoms with E-state index in [9.17, 15) is 5.11 Å². The minimum absolute atomic E-state index is 0.529. The Labute approximate surface area is 112 Å². The zero-order chi connectivity index (χ0) is 13.8. The maximum Gasteiger partial charge on any atom is 0.132 e. The molecule has 4 heteroatoms. The first-order valence-corrected chi connectivity index (χ1v) is 6.00. The molecule has 1 N–H and O–H groups in total. The van der Waals surface area contributed by atoms with Gasteiger partial charge in [0.2, 0.25) is 0 Å². The van der Waals surface area contributed by atoms with Gasteiger partial charge in [0.15, 0.2) is 0 Å². The third kappa shape index (κ3) is 2.72. The summed E-state index contributed by atoms with van der Waals surface area (Å²) in [6.45, 7) is 1.70. The molecule has 0 amide bonds. The van der Waals surface area contributed by atoms with Crippen LogP contribution in [0.5, 0.6) is 0 Å². The lowest BCUT2D eigenvalue weighted by Gasteiger charge is -2.19. The first-order valence-electron chi connectivity index (χ1n) is 6.00. The standard InChI is InChI=1S/C15H15N3O/c1-11(19)13-7-8-15(17-10-13)18(2)14-6-4-3-5-12(14)9-16/h3-8,10-11,19H,1-2H3/t11-/m1/s1. The van der Waals surface area contributed by atoms with Gasteiger partial charge < -0.3 is 10.0 Å². The number of pyridine rings is 1. The molecule has 0 unspecified atom stereocenters. The number of benzene rings is 1. The zero-order valence-electron chi connectivity index (χ0n) is 10.9. The summed E-state index contributed by atoms with van der Waals surface area (Å²) in [6, 6.07) is 13.2. The number of hydrogen-bond acceptors (Lipinski definition) is 4. The first-order chi connectivity index (χ1) is 9.13. The predicted molar refractivity (Wildman–Crippen MR) is 74.1 cm³/mol. The molecular formula is C15H15N3O. The molecule has 0 saturated carbocycles. The van der Waals surface area contributed by atoms with Crippen molar-refractivity contribution < 1.29 is 5.11 Å². The summed E-state index contributed by atoms with van der Waals surface area (Å²) < 4.78 is 0. The Bertz CT molecular complexity index is 600. The second kappa shape index (κ2) is 5.51. The van der Waals surface area contributed by atoms with Crippen LogP contribution in [0.1, 0.15) is 24.2 Å². The third-order valence-electron chi connectivity index (χ3n) is 2.98. The molecule has 2 aromatic rings. The van der Waals surface area contributed by atoms with E-state index in [4.69, 9.17) is 5.26 Å². The van der Waals surface area contributed by atoms with Crippen LogP contribution in [-0.2, 0) is 0 Å². The topological polar surface area (TPSA) is 60.1 Å². The fourth-order valence-electron chi connectivity index (χ4n) is 1.83. The highest BCUT2D eigenvalue weighted by Gasteiger charge is 2.10. The van der Waals surface area contributed by atoms with Crippen molar-refractivity contribution in [1.29, 1.82) is 5.26 Å². The summed E-state index contributed by atoms with van der Waals surface area (Å²) in [6.07, 6.45) is 1.11. The molecule has 0 saturated heterocycles. The van der Waals surface area contributed by atoms with Gasteiger partial charge in [-0.3, -0.25) is 0 Å². The summed E-state index contributed by atoms with van der Waals surface area (Å²) in [5.74, 6) is 0.729. The van der Waals surface area contributed by atoms with Gasteiger partial charge in [0.05, 0.1) is 17.4 Å². The fraction of sp³-hybridized carbons (Fsp3) is 0.200. The number of para-hydroxylation sites is 1. The van der Waals surface area contributed by atoms with Crippen molar-refractivity contribution in [1.82, 2.24) is 4.98 Å². The lowest BCUT2D eigenvalue weighted by molar-refractivity contribution is 0.199. The monoisotopic (exact) mass is 253 g/mol. The van der Waals surface area contributed by atoms with E-state index >= 15 is 0 Å². The second-order valence-corrected chi connectivity index (χ2v) is 4.31. The number of hydrogen-bond donors (Lipinski definition) is 1. The van der Waals surface area contributed by atoms with Crippen LogP contribution >= 0.6 is 0 Å². The van der Waals surface area contributed by atoms with Crippen LogP contribution in [0, 0.1) is 11.3 Å². The molecule has 2 rings (SSSR count). The molecule has 0 bridgehead atoms. The number of aliphatic hydroxyl groups excluding tert-OH is 1. The van der Waals surface area contributed by atoms with Crippen molar-refractivity contribution in [2.45, 2.75) is 13.0 Å². The van der Waals surface area contributed by atoms with Crippen LogP contribution in [0.2, 0.25) is 0 Å². The van der Waals surface area contributed by atoms with E-state index in [-0.39, 0.29) is 0 Å². The predicted octanol–water partition coefficient (Wildman–Crippen LogP) is 2.77. The molecule has 96 valence electrons. The molecule has 1 aromatic heterocycles. The molecule has 1 atom stereocenters. The average Bonchev–Trinajstić information content (AvgIpc) is 2.46. The van der Waals surface area contributed by atoms with Gasteiger partial charge >= 0.3 is 0 Å². The molecule has 0 spiro atoms. The quantitative estimate of drug-likeness (QED) is 0.913. The van der Waals surface area contributed by atoms with E-state index in [1.807, 2.05) is 42.3 Å². The van der Waals surface area contributed by atoms with Crippen molar-refractivity contribution in [3.8, 4) is 6.07 Å². The van der Waals surface area contributed by atoms with Gasteiger partial charge in [-0.1, -0.05) is 18.2 Å². The van der Waals surface area contributed by atoms with Crippen molar-refractivity contribution >= 4 is 11.5 Å². The van der Waals surface area contributed by atoms with Crippen molar-refractivity contribution in [2.75, 3.05) is 11.9 Å². The summed E-state index contributed by atoms with van der Waals surface area (Å²) in [5.41, 5.74) is 2.18. The van der Waals surface area contributed by atoms with Gasteiger partial charge in [-0.25, -0.2) is 4.98 Å². The Morgan fingerprint density at radius 3 is 2.58 bits per heavy atom. The van der Waals surface area contributed by atoms with E-state index in [2.05, 4.69) is 11.1 Å². The van der Waals surface area contributed by atoms with E-state index in [1.165, 1.54) is 0 Å². The highest BCUT2D eigenvalue weighted by atomic mass is 16.3. The number of nitrogens with zero attached hydrogens (tertiary/aromatic N) is 3. The summed E-state index contributed by atoms with van der Waals surface area (Å²) >= 11 is 0. The van der Waals surface area contributed by atoms with E-state index in [1.54, 1.807) is 19.2 Å². The van der Waals surface area contributed by atoms with Crippen LogP contribution in [0.25, 0.3) is 0 Å². The lowest BCUT2D eigenvalue weighted by Crippen LogP contribution is -2.12. The highest BCUT2D eigenvalue weighted by molar-refractivity contribution is 5.66. The summed E-state index contributed by atoms with van der Waals surface area (Å²) in [7, 11) is 1.86. The van der Waals surface area contributed by atoms with Gasteiger partial charge in [0, 0.05) is 13.2 Å². The fourth-order valence-corrected chi connectivity index (χ4v) is 1.83. The molecule has 0 fully saturated rings. The zero-order valence-corrected chi connectivity index (χ0v) is 10.9. The lowest BCUT2D eigenvalue weighted by atomic mass is 10.1. The minimum Gasteiger partial charge on any atom is -0.389 e. The Hall–Kier alpha value is -2.38. The van der Waals surface area contributed by atoms with Gasteiger partial charge in [-0.15, -0.1) is 0 Å².